The molecule has 10 heteroatoms. The Morgan fingerprint density at radius 3 is 2.95 bits per heavy atom. The summed E-state index contributed by atoms with van der Waals surface area (Å²) in [6.45, 7) is 0.664. The van der Waals surface area contributed by atoms with Crippen LogP contribution in [0.4, 0.5) is 10.2 Å². The van der Waals surface area contributed by atoms with Crippen molar-refractivity contribution in [3.8, 4) is 23.0 Å². The van der Waals surface area contributed by atoms with Gasteiger partial charge in [-0.1, -0.05) is 6.07 Å². The van der Waals surface area contributed by atoms with E-state index in [0.717, 1.165) is 56.2 Å². The van der Waals surface area contributed by atoms with Crippen LogP contribution in [0, 0.1) is 5.82 Å². The van der Waals surface area contributed by atoms with E-state index < -0.39 is 11.7 Å². The molecule has 1 fully saturated rings. The monoisotopic (exact) mass is 502 g/mol. The number of halogens is 1. The van der Waals surface area contributed by atoms with Crippen LogP contribution >= 0.6 is 0 Å². The van der Waals surface area contributed by atoms with Crippen LogP contribution in [0.25, 0.3) is 17.2 Å². The van der Waals surface area contributed by atoms with Gasteiger partial charge in [0.15, 0.2) is 5.82 Å². The van der Waals surface area contributed by atoms with E-state index in [4.69, 9.17) is 4.74 Å². The van der Waals surface area contributed by atoms with Crippen LogP contribution in [0.1, 0.15) is 53.3 Å². The molecule has 6 rings (SSSR count). The Hall–Kier alpha value is -4.05. The Bertz CT molecular complexity index is 1460. The molecule has 0 unspecified atom stereocenters. The van der Waals surface area contributed by atoms with Crippen molar-refractivity contribution in [2.45, 2.75) is 44.6 Å². The molecule has 0 saturated heterocycles. The van der Waals surface area contributed by atoms with E-state index in [1.54, 1.807) is 23.0 Å². The van der Waals surface area contributed by atoms with Gasteiger partial charge in [0.2, 0.25) is 0 Å². The highest BCUT2D eigenvalue weighted by molar-refractivity contribution is 6.04. The quantitative estimate of drug-likeness (QED) is 0.376. The Morgan fingerprint density at radius 1 is 1.22 bits per heavy atom. The number of carbonyl (C=O) groups is 1. The van der Waals surface area contributed by atoms with Gasteiger partial charge in [0, 0.05) is 36.6 Å². The van der Waals surface area contributed by atoms with Gasteiger partial charge in [-0.25, -0.2) is 19.3 Å². The number of anilines is 1. The molecule has 4 aromatic rings. The molecule has 37 heavy (non-hydrogen) atoms. The molecule has 9 nitrogen and oxygen atoms in total. The zero-order valence-corrected chi connectivity index (χ0v) is 20.2. The van der Waals surface area contributed by atoms with Crippen LogP contribution < -0.4 is 10.1 Å². The number of rotatable bonds is 8. The summed E-state index contributed by atoms with van der Waals surface area (Å²) in [6, 6.07) is 7.90. The molecular weight excluding hydrogens is 475 g/mol. The third kappa shape index (κ3) is 4.72. The number of hydrogen-bond acceptors (Lipinski definition) is 6. The molecule has 1 amide bonds. The Labute approximate surface area is 213 Å². The fourth-order valence-electron chi connectivity index (χ4n) is 4.70. The fraction of sp³-hybridized carbons (Fsp3) is 0.333. The van der Waals surface area contributed by atoms with E-state index in [0.29, 0.717) is 23.1 Å². The summed E-state index contributed by atoms with van der Waals surface area (Å²) in [5, 5.41) is 11.9. The SMILES string of the molecule is O=C(Nc1cccc(-c2ncc3n2CCCC3)n1)c1cc(-n2cnc(C3CC3)c2)c(OCCO)cc1F. The van der Waals surface area contributed by atoms with Gasteiger partial charge in [-0.05, 0) is 50.3 Å². The molecule has 0 atom stereocenters. The van der Waals surface area contributed by atoms with Gasteiger partial charge < -0.3 is 24.3 Å². The topological polar surface area (TPSA) is 107 Å². The number of amides is 1. The number of ether oxygens (including phenoxy) is 1. The molecule has 0 spiro atoms. The van der Waals surface area contributed by atoms with Crippen LogP contribution in [0.15, 0.2) is 49.1 Å². The number of benzene rings is 1. The predicted molar refractivity (Wildman–Crippen MR) is 134 cm³/mol. The van der Waals surface area contributed by atoms with Crippen LogP contribution in [-0.4, -0.2) is 48.3 Å². The number of pyridine rings is 1. The average Bonchev–Trinajstić information content (AvgIpc) is 3.48. The minimum absolute atomic E-state index is 0.00362. The molecule has 1 saturated carbocycles. The van der Waals surface area contributed by atoms with Gasteiger partial charge in [0.25, 0.3) is 5.91 Å². The van der Waals surface area contributed by atoms with Crippen LogP contribution in [0.5, 0.6) is 5.75 Å². The maximum atomic E-state index is 15.1. The molecule has 2 aliphatic rings. The molecule has 1 aromatic carbocycles. The van der Waals surface area contributed by atoms with Crippen LogP contribution in [0.3, 0.4) is 0 Å². The van der Waals surface area contributed by atoms with Crippen LogP contribution in [-0.2, 0) is 13.0 Å². The van der Waals surface area contributed by atoms with Crippen molar-refractivity contribution in [2.75, 3.05) is 18.5 Å². The highest BCUT2D eigenvalue weighted by Crippen LogP contribution is 2.39. The average molecular weight is 503 g/mol. The summed E-state index contributed by atoms with van der Waals surface area (Å²) >= 11 is 0. The number of hydrogen-bond donors (Lipinski definition) is 2. The zero-order valence-electron chi connectivity index (χ0n) is 20.2. The predicted octanol–water partition coefficient (Wildman–Crippen LogP) is 4.11. The third-order valence-electron chi connectivity index (χ3n) is 6.74. The molecular formula is C27H27FN6O3. The molecule has 1 aliphatic heterocycles. The summed E-state index contributed by atoms with van der Waals surface area (Å²) in [7, 11) is 0. The normalized spacial score (nSPS) is 14.9. The highest BCUT2D eigenvalue weighted by Gasteiger charge is 2.27. The van der Waals surface area contributed by atoms with Gasteiger partial charge in [-0.15, -0.1) is 0 Å². The van der Waals surface area contributed by atoms with Crippen molar-refractivity contribution < 1.29 is 19.0 Å². The minimum atomic E-state index is -0.741. The summed E-state index contributed by atoms with van der Waals surface area (Å²) in [5.74, 6) is 0.337. The lowest BCUT2D eigenvalue weighted by Gasteiger charge is -2.16. The summed E-state index contributed by atoms with van der Waals surface area (Å²) in [6.07, 6.45) is 10.8. The van der Waals surface area contributed by atoms with Gasteiger partial charge in [0.05, 0.1) is 29.9 Å². The largest absolute Gasteiger partial charge is 0.489 e. The number of aromatic nitrogens is 5. The minimum Gasteiger partial charge on any atom is -0.489 e. The highest BCUT2D eigenvalue weighted by atomic mass is 19.1. The van der Waals surface area contributed by atoms with Crippen molar-refractivity contribution in [3.63, 3.8) is 0 Å². The summed E-state index contributed by atoms with van der Waals surface area (Å²) < 4.78 is 24.6. The van der Waals surface area contributed by atoms with Crippen molar-refractivity contribution in [1.82, 2.24) is 24.1 Å². The van der Waals surface area contributed by atoms with E-state index in [1.807, 2.05) is 18.5 Å². The lowest BCUT2D eigenvalue weighted by Crippen LogP contribution is -2.16. The zero-order chi connectivity index (χ0) is 25.4. The van der Waals surface area contributed by atoms with Crippen molar-refractivity contribution >= 4 is 11.7 Å². The number of aryl methyl sites for hydroxylation is 1. The van der Waals surface area contributed by atoms with E-state index in [9.17, 15) is 9.90 Å². The lowest BCUT2D eigenvalue weighted by molar-refractivity contribution is 0.102. The maximum Gasteiger partial charge on any atom is 0.259 e. The molecule has 2 N–H and O–H groups in total. The van der Waals surface area contributed by atoms with Crippen LogP contribution in [0.2, 0.25) is 0 Å². The van der Waals surface area contributed by atoms with E-state index >= 15 is 4.39 Å². The lowest BCUT2D eigenvalue weighted by atomic mass is 10.1. The molecule has 0 bridgehead atoms. The number of imidazole rings is 2. The van der Waals surface area contributed by atoms with Gasteiger partial charge in [-0.2, -0.15) is 0 Å². The second kappa shape index (κ2) is 9.78. The standard InChI is InChI=1S/C27H27FN6O3/c28-20-13-24(37-11-10-35)23(33-15-22(30-16-33)17-7-8-17)12-19(20)27(36)32-25-6-3-5-21(31-25)26-29-14-18-4-1-2-9-34(18)26/h3,5-6,12-17,35H,1-2,4,7-11H2,(H,31,32,36). The van der Waals surface area contributed by atoms with E-state index in [-0.39, 0.29) is 24.5 Å². The fourth-order valence-corrected chi connectivity index (χ4v) is 4.70. The summed E-state index contributed by atoms with van der Waals surface area (Å²) in [5.41, 5.74) is 3.08. The smallest absolute Gasteiger partial charge is 0.259 e. The third-order valence-corrected chi connectivity index (χ3v) is 6.74. The Kier molecular flexibility index (Phi) is 6.17. The van der Waals surface area contributed by atoms with Crippen molar-refractivity contribution in [2.24, 2.45) is 0 Å². The maximum absolute atomic E-state index is 15.1. The Balaban J connectivity index is 1.29. The van der Waals surface area contributed by atoms with Gasteiger partial charge in [0.1, 0.15) is 29.7 Å². The number of carbonyl (C=O) groups excluding carboxylic acids is 1. The summed E-state index contributed by atoms with van der Waals surface area (Å²) in [4.78, 5) is 26.8. The second-order valence-electron chi connectivity index (χ2n) is 9.40. The molecule has 0 radical (unpaired) electrons. The first-order valence-corrected chi connectivity index (χ1v) is 12.6. The molecule has 1 aliphatic carbocycles. The van der Waals surface area contributed by atoms with Gasteiger partial charge >= 0.3 is 0 Å². The second-order valence-corrected chi connectivity index (χ2v) is 9.40. The van der Waals surface area contributed by atoms with Gasteiger partial charge in [-0.3, -0.25) is 4.79 Å². The number of nitrogens with zero attached hydrogens (tertiary/aromatic N) is 5. The molecule has 3 aromatic heterocycles. The first-order valence-electron chi connectivity index (χ1n) is 12.6. The van der Waals surface area contributed by atoms with Crippen molar-refractivity contribution in [1.29, 1.82) is 0 Å². The number of nitrogens with one attached hydrogen (secondary N) is 1. The van der Waals surface area contributed by atoms with Crippen molar-refractivity contribution in [3.05, 3.63) is 71.8 Å². The number of aliphatic hydroxyl groups excluding tert-OH is 1. The first kappa shape index (κ1) is 23.4. The number of fused-ring (bicyclic) bond motifs is 1. The molecule has 190 valence electrons. The van der Waals surface area contributed by atoms with E-state index in [2.05, 4.69) is 24.8 Å². The first-order chi connectivity index (χ1) is 18.1. The number of aliphatic hydroxyl groups is 1. The molecule has 4 heterocycles. The van der Waals surface area contributed by atoms with E-state index in [1.165, 1.54) is 11.8 Å². The Morgan fingerprint density at radius 2 is 2.11 bits per heavy atom.